The molecular formula is C13H14N2O4S. The maximum absolute atomic E-state index is 11.3. The van der Waals surface area contributed by atoms with Gasteiger partial charge >= 0.3 is 6.01 Å². The molecule has 1 aromatic carbocycles. The molecule has 0 atom stereocenters. The molecule has 2 rings (SSSR count). The van der Waals surface area contributed by atoms with Gasteiger partial charge in [0.1, 0.15) is 5.75 Å². The van der Waals surface area contributed by atoms with Gasteiger partial charge in [-0.1, -0.05) is 0 Å². The van der Waals surface area contributed by atoms with E-state index in [1.54, 1.807) is 6.92 Å². The van der Waals surface area contributed by atoms with Gasteiger partial charge in [-0.15, -0.1) is 0 Å². The molecule has 7 heteroatoms. The van der Waals surface area contributed by atoms with Crippen LogP contribution in [0.4, 0.5) is 0 Å². The zero-order valence-corrected chi connectivity index (χ0v) is 11.9. The van der Waals surface area contributed by atoms with Crippen molar-refractivity contribution in [2.24, 2.45) is 0 Å². The van der Waals surface area contributed by atoms with Crippen LogP contribution in [0.1, 0.15) is 11.3 Å². The van der Waals surface area contributed by atoms with Crippen LogP contribution in [-0.2, 0) is 16.4 Å². The molecule has 2 aromatic rings. The Morgan fingerprint density at radius 1 is 1.25 bits per heavy atom. The lowest BCUT2D eigenvalue weighted by Gasteiger charge is -2.06. The molecule has 1 aromatic heterocycles. The number of ether oxygens (including phenoxy) is 1. The smallest absolute Gasteiger partial charge is 0.322 e. The highest BCUT2D eigenvalue weighted by molar-refractivity contribution is 7.90. The van der Waals surface area contributed by atoms with Gasteiger partial charge in [-0.2, -0.15) is 4.98 Å². The molecule has 0 saturated carbocycles. The number of rotatable bonds is 4. The van der Waals surface area contributed by atoms with Crippen molar-refractivity contribution in [3.8, 4) is 11.8 Å². The second-order valence-electron chi connectivity index (χ2n) is 4.27. The van der Waals surface area contributed by atoms with E-state index >= 15 is 0 Å². The molecule has 0 saturated heterocycles. The monoisotopic (exact) mass is 294 g/mol. The average Bonchev–Trinajstić information content (AvgIpc) is 2.38. The minimum Gasteiger partial charge on any atom is -0.424 e. The standard InChI is InChI=1S/C13H14N2O4S/c1-9-10(8-16)7-14-13(15-9)19-11-3-5-12(6-4-11)20(2,17)18/h3-7,16H,8H2,1-2H3. The van der Waals surface area contributed by atoms with Crippen LogP contribution in [0.25, 0.3) is 0 Å². The number of sulfone groups is 1. The first-order valence-corrected chi connectivity index (χ1v) is 7.70. The van der Waals surface area contributed by atoms with Crippen LogP contribution < -0.4 is 4.74 Å². The van der Waals surface area contributed by atoms with Gasteiger partial charge in [-0.25, -0.2) is 13.4 Å². The maximum Gasteiger partial charge on any atom is 0.322 e. The number of hydrogen-bond acceptors (Lipinski definition) is 6. The number of benzene rings is 1. The van der Waals surface area contributed by atoms with Crippen molar-refractivity contribution in [2.45, 2.75) is 18.4 Å². The van der Waals surface area contributed by atoms with E-state index < -0.39 is 9.84 Å². The Labute approximate surface area is 117 Å². The van der Waals surface area contributed by atoms with Crippen molar-refractivity contribution in [3.63, 3.8) is 0 Å². The SMILES string of the molecule is Cc1nc(Oc2ccc(S(C)(=O)=O)cc2)ncc1CO. The second-order valence-corrected chi connectivity index (χ2v) is 6.28. The largest absolute Gasteiger partial charge is 0.424 e. The number of hydrogen-bond donors (Lipinski definition) is 1. The molecule has 0 aliphatic rings. The molecule has 0 aliphatic heterocycles. The van der Waals surface area contributed by atoms with Crippen molar-refractivity contribution in [3.05, 3.63) is 41.7 Å². The summed E-state index contributed by atoms with van der Waals surface area (Å²) in [7, 11) is -3.22. The van der Waals surface area contributed by atoms with Gasteiger partial charge in [0.2, 0.25) is 0 Å². The van der Waals surface area contributed by atoms with E-state index in [1.165, 1.54) is 30.5 Å². The zero-order chi connectivity index (χ0) is 14.8. The van der Waals surface area contributed by atoms with E-state index in [0.29, 0.717) is 17.0 Å². The summed E-state index contributed by atoms with van der Waals surface area (Å²) in [5.74, 6) is 0.438. The molecule has 1 N–H and O–H groups in total. The Balaban J connectivity index is 2.20. The van der Waals surface area contributed by atoms with Crippen LogP contribution in [0, 0.1) is 6.92 Å². The van der Waals surface area contributed by atoms with Gasteiger partial charge in [0.05, 0.1) is 17.2 Å². The molecule has 6 nitrogen and oxygen atoms in total. The molecular weight excluding hydrogens is 280 g/mol. The van der Waals surface area contributed by atoms with Crippen LogP contribution in [0.3, 0.4) is 0 Å². The maximum atomic E-state index is 11.3. The van der Waals surface area contributed by atoms with Crippen molar-refractivity contribution in [2.75, 3.05) is 6.26 Å². The lowest BCUT2D eigenvalue weighted by molar-refractivity contribution is 0.279. The minimum atomic E-state index is -3.22. The Bertz CT molecular complexity index is 712. The van der Waals surface area contributed by atoms with E-state index in [1.807, 2.05) is 0 Å². The molecule has 0 aliphatic carbocycles. The first-order chi connectivity index (χ1) is 9.40. The van der Waals surface area contributed by atoms with E-state index in [-0.39, 0.29) is 17.5 Å². The van der Waals surface area contributed by atoms with Gasteiger partial charge in [-0.3, -0.25) is 0 Å². The highest BCUT2D eigenvalue weighted by Gasteiger charge is 2.08. The van der Waals surface area contributed by atoms with Gasteiger partial charge in [0.25, 0.3) is 0 Å². The highest BCUT2D eigenvalue weighted by atomic mass is 32.2. The van der Waals surface area contributed by atoms with E-state index in [2.05, 4.69) is 9.97 Å². The summed E-state index contributed by atoms with van der Waals surface area (Å²) in [5.41, 5.74) is 1.26. The lowest BCUT2D eigenvalue weighted by Crippen LogP contribution is -1.99. The normalized spacial score (nSPS) is 11.3. The zero-order valence-electron chi connectivity index (χ0n) is 11.1. The third-order valence-electron chi connectivity index (χ3n) is 2.69. The van der Waals surface area contributed by atoms with Crippen molar-refractivity contribution >= 4 is 9.84 Å². The van der Waals surface area contributed by atoms with Gasteiger partial charge in [-0.05, 0) is 31.2 Å². The van der Waals surface area contributed by atoms with E-state index in [4.69, 9.17) is 9.84 Å². The summed E-state index contributed by atoms with van der Waals surface area (Å²) < 4.78 is 28.1. The van der Waals surface area contributed by atoms with Crippen molar-refractivity contribution in [1.29, 1.82) is 0 Å². The number of aromatic nitrogens is 2. The predicted octanol–water partition coefficient (Wildman–Crippen LogP) is 1.47. The van der Waals surface area contributed by atoms with Crippen LogP contribution in [0.2, 0.25) is 0 Å². The first-order valence-electron chi connectivity index (χ1n) is 5.81. The summed E-state index contributed by atoms with van der Waals surface area (Å²) in [5, 5.41) is 9.03. The van der Waals surface area contributed by atoms with Crippen molar-refractivity contribution < 1.29 is 18.3 Å². The number of aryl methyl sites for hydroxylation is 1. The van der Waals surface area contributed by atoms with E-state index in [0.717, 1.165) is 6.26 Å². The summed E-state index contributed by atoms with van der Waals surface area (Å²) in [4.78, 5) is 8.28. The Morgan fingerprint density at radius 3 is 2.40 bits per heavy atom. The molecule has 0 radical (unpaired) electrons. The van der Waals surface area contributed by atoms with Crippen LogP contribution in [0.5, 0.6) is 11.8 Å². The summed E-state index contributed by atoms with van der Waals surface area (Å²) in [6, 6.07) is 6.13. The third kappa shape index (κ3) is 3.31. The molecule has 1 heterocycles. The highest BCUT2D eigenvalue weighted by Crippen LogP contribution is 2.20. The molecule has 0 unspecified atom stereocenters. The molecule has 106 valence electrons. The molecule has 0 bridgehead atoms. The predicted molar refractivity (Wildman–Crippen MR) is 72.3 cm³/mol. The topological polar surface area (TPSA) is 89.4 Å². The Hall–Kier alpha value is -1.99. The minimum absolute atomic E-state index is 0.130. The molecule has 0 fully saturated rings. The average molecular weight is 294 g/mol. The quantitative estimate of drug-likeness (QED) is 0.918. The summed E-state index contributed by atoms with van der Waals surface area (Å²) in [6.45, 7) is 1.61. The van der Waals surface area contributed by atoms with E-state index in [9.17, 15) is 8.42 Å². The summed E-state index contributed by atoms with van der Waals surface area (Å²) in [6.07, 6.45) is 2.63. The van der Waals surface area contributed by atoms with Gasteiger partial charge < -0.3 is 9.84 Å². The Morgan fingerprint density at radius 2 is 1.90 bits per heavy atom. The van der Waals surface area contributed by atoms with Crippen LogP contribution in [-0.4, -0.2) is 29.7 Å². The fourth-order valence-corrected chi connectivity index (χ4v) is 2.17. The molecule has 0 amide bonds. The fourth-order valence-electron chi connectivity index (χ4n) is 1.54. The number of aliphatic hydroxyl groups is 1. The second kappa shape index (κ2) is 5.56. The van der Waals surface area contributed by atoms with Crippen molar-refractivity contribution in [1.82, 2.24) is 9.97 Å². The van der Waals surface area contributed by atoms with Crippen LogP contribution in [0.15, 0.2) is 35.4 Å². The Kier molecular flexibility index (Phi) is 4.01. The van der Waals surface area contributed by atoms with Gasteiger partial charge in [0.15, 0.2) is 9.84 Å². The fraction of sp³-hybridized carbons (Fsp3) is 0.231. The molecule has 20 heavy (non-hydrogen) atoms. The first kappa shape index (κ1) is 14.4. The third-order valence-corrected chi connectivity index (χ3v) is 3.82. The lowest BCUT2D eigenvalue weighted by atomic mass is 10.3. The number of nitrogens with zero attached hydrogens (tertiary/aromatic N) is 2. The van der Waals surface area contributed by atoms with Crippen LogP contribution >= 0.6 is 0 Å². The number of aliphatic hydroxyl groups excluding tert-OH is 1. The molecule has 0 spiro atoms. The van der Waals surface area contributed by atoms with Gasteiger partial charge in [0, 0.05) is 18.0 Å². The summed E-state index contributed by atoms with van der Waals surface area (Å²) >= 11 is 0.